The predicted octanol–water partition coefficient (Wildman–Crippen LogP) is 2.92. The summed E-state index contributed by atoms with van der Waals surface area (Å²) in [5, 5.41) is 2.77. The average Bonchev–Trinajstić information content (AvgIpc) is 2.70. The molecule has 0 bridgehead atoms. The van der Waals surface area contributed by atoms with Gasteiger partial charge in [0.2, 0.25) is 0 Å². The SMILES string of the molecule is CC(C)(C)OC(=O)CNCC(=O)c1ccc(OCC(=O)OCc2ccccc2)cc1. The van der Waals surface area contributed by atoms with Gasteiger partial charge in [-0.1, -0.05) is 30.3 Å². The lowest BCUT2D eigenvalue weighted by Crippen LogP contribution is -2.33. The summed E-state index contributed by atoms with van der Waals surface area (Å²) < 4.78 is 15.7. The average molecular weight is 413 g/mol. The molecule has 2 aromatic carbocycles. The third-order valence-corrected chi connectivity index (χ3v) is 3.75. The number of ether oxygens (including phenoxy) is 3. The molecule has 7 nitrogen and oxygen atoms in total. The van der Waals surface area contributed by atoms with Crippen molar-refractivity contribution >= 4 is 17.7 Å². The zero-order valence-electron chi connectivity index (χ0n) is 17.5. The van der Waals surface area contributed by atoms with Crippen LogP contribution in [0, 0.1) is 0 Å². The molecule has 0 atom stereocenters. The van der Waals surface area contributed by atoms with Gasteiger partial charge in [0.1, 0.15) is 18.0 Å². The van der Waals surface area contributed by atoms with E-state index >= 15 is 0 Å². The molecular formula is C23H27NO6. The molecule has 2 aromatic rings. The number of hydrogen-bond acceptors (Lipinski definition) is 7. The number of carbonyl (C=O) groups excluding carboxylic acids is 3. The van der Waals surface area contributed by atoms with E-state index in [1.807, 2.05) is 30.3 Å². The molecule has 0 aliphatic carbocycles. The topological polar surface area (TPSA) is 90.9 Å². The first-order valence-electron chi connectivity index (χ1n) is 9.61. The fourth-order valence-corrected chi connectivity index (χ4v) is 2.42. The van der Waals surface area contributed by atoms with Crippen LogP contribution in [0.5, 0.6) is 5.75 Å². The predicted molar refractivity (Wildman–Crippen MR) is 111 cm³/mol. The Hall–Kier alpha value is -3.19. The van der Waals surface area contributed by atoms with Crippen molar-refractivity contribution in [3.63, 3.8) is 0 Å². The summed E-state index contributed by atoms with van der Waals surface area (Å²) in [4.78, 5) is 35.6. The van der Waals surface area contributed by atoms with Crippen LogP contribution < -0.4 is 10.1 Å². The fraction of sp³-hybridized carbons (Fsp3) is 0.348. The first-order valence-corrected chi connectivity index (χ1v) is 9.61. The lowest BCUT2D eigenvalue weighted by atomic mass is 10.1. The van der Waals surface area contributed by atoms with Crippen molar-refractivity contribution in [2.24, 2.45) is 0 Å². The third-order valence-electron chi connectivity index (χ3n) is 3.75. The Kier molecular flexibility index (Phi) is 8.55. The van der Waals surface area contributed by atoms with Crippen LogP contribution in [0.1, 0.15) is 36.7 Å². The lowest BCUT2D eigenvalue weighted by molar-refractivity contribution is -0.153. The molecule has 30 heavy (non-hydrogen) atoms. The molecule has 0 aliphatic heterocycles. The molecule has 0 heterocycles. The van der Waals surface area contributed by atoms with Crippen molar-refractivity contribution in [1.29, 1.82) is 0 Å². The highest BCUT2D eigenvalue weighted by Crippen LogP contribution is 2.13. The molecule has 0 unspecified atom stereocenters. The summed E-state index contributed by atoms with van der Waals surface area (Å²) in [6.07, 6.45) is 0. The highest BCUT2D eigenvalue weighted by molar-refractivity contribution is 5.97. The molecule has 160 valence electrons. The zero-order chi connectivity index (χ0) is 22.0. The number of nitrogens with one attached hydrogen (secondary N) is 1. The molecule has 0 saturated heterocycles. The Morgan fingerprint density at radius 3 is 2.17 bits per heavy atom. The van der Waals surface area contributed by atoms with Gasteiger partial charge in [0, 0.05) is 5.56 Å². The van der Waals surface area contributed by atoms with Gasteiger partial charge in [0.05, 0.1) is 13.1 Å². The molecule has 1 N–H and O–H groups in total. The van der Waals surface area contributed by atoms with E-state index in [0.29, 0.717) is 11.3 Å². The Labute approximate surface area is 176 Å². The number of Topliss-reactive ketones (excluding diaryl/α,β-unsaturated/α-hetero) is 1. The van der Waals surface area contributed by atoms with Crippen molar-refractivity contribution in [3.05, 3.63) is 65.7 Å². The molecule has 7 heteroatoms. The van der Waals surface area contributed by atoms with Gasteiger partial charge in [-0.05, 0) is 50.6 Å². The molecule has 0 spiro atoms. The summed E-state index contributed by atoms with van der Waals surface area (Å²) in [7, 11) is 0. The van der Waals surface area contributed by atoms with E-state index in [9.17, 15) is 14.4 Å². The quantitative estimate of drug-likeness (QED) is 0.473. The number of benzene rings is 2. The van der Waals surface area contributed by atoms with Crippen LogP contribution in [0.3, 0.4) is 0 Å². The standard InChI is InChI=1S/C23H27NO6/c1-23(2,3)30-21(26)14-24-13-20(25)18-9-11-19(12-10-18)28-16-22(27)29-15-17-7-5-4-6-8-17/h4-12,24H,13-16H2,1-3H3. The van der Waals surface area contributed by atoms with Crippen LogP contribution >= 0.6 is 0 Å². The zero-order valence-corrected chi connectivity index (χ0v) is 17.5. The van der Waals surface area contributed by atoms with Gasteiger partial charge in [-0.25, -0.2) is 4.79 Å². The number of esters is 2. The maximum absolute atomic E-state index is 12.2. The first-order chi connectivity index (χ1) is 14.2. The Balaban J connectivity index is 1.70. The number of carbonyl (C=O) groups is 3. The smallest absolute Gasteiger partial charge is 0.344 e. The van der Waals surface area contributed by atoms with Crippen molar-refractivity contribution in [1.82, 2.24) is 5.32 Å². The van der Waals surface area contributed by atoms with Crippen LogP contribution in [-0.4, -0.2) is 43.0 Å². The van der Waals surface area contributed by atoms with Gasteiger partial charge < -0.3 is 14.2 Å². The second-order valence-electron chi connectivity index (χ2n) is 7.57. The van der Waals surface area contributed by atoms with E-state index in [1.165, 1.54) is 0 Å². The fourth-order valence-electron chi connectivity index (χ4n) is 2.42. The molecule has 2 rings (SSSR count). The molecular weight excluding hydrogens is 386 g/mol. The van der Waals surface area contributed by atoms with Crippen LogP contribution in [0.15, 0.2) is 54.6 Å². The number of ketones is 1. The van der Waals surface area contributed by atoms with Crippen LogP contribution in [0.4, 0.5) is 0 Å². The van der Waals surface area contributed by atoms with E-state index in [1.54, 1.807) is 45.0 Å². The lowest BCUT2D eigenvalue weighted by Gasteiger charge is -2.19. The van der Waals surface area contributed by atoms with E-state index in [0.717, 1.165) is 5.56 Å². The second kappa shape index (κ2) is 11.1. The minimum Gasteiger partial charge on any atom is -0.482 e. The van der Waals surface area contributed by atoms with Gasteiger partial charge in [-0.2, -0.15) is 0 Å². The second-order valence-corrected chi connectivity index (χ2v) is 7.57. The van der Waals surface area contributed by atoms with E-state index < -0.39 is 17.5 Å². The molecule has 0 aliphatic rings. The molecule has 0 radical (unpaired) electrons. The summed E-state index contributed by atoms with van der Waals surface area (Å²) in [5.74, 6) is -0.624. The minimum atomic E-state index is -0.563. The summed E-state index contributed by atoms with van der Waals surface area (Å²) in [6.45, 7) is 5.26. The monoisotopic (exact) mass is 413 g/mol. The van der Waals surface area contributed by atoms with Crippen molar-refractivity contribution in [2.75, 3.05) is 19.7 Å². The van der Waals surface area contributed by atoms with E-state index in [4.69, 9.17) is 14.2 Å². The molecule has 0 fully saturated rings. The highest BCUT2D eigenvalue weighted by Gasteiger charge is 2.16. The summed E-state index contributed by atoms with van der Waals surface area (Å²) in [5.41, 5.74) is 0.798. The molecule has 0 saturated carbocycles. The van der Waals surface area contributed by atoms with Crippen LogP contribution in [0.25, 0.3) is 0 Å². The Morgan fingerprint density at radius 2 is 1.53 bits per heavy atom. The van der Waals surface area contributed by atoms with Gasteiger partial charge >= 0.3 is 11.9 Å². The number of rotatable bonds is 10. The third kappa shape index (κ3) is 8.87. The van der Waals surface area contributed by atoms with Gasteiger partial charge in [0.25, 0.3) is 0 Å². The molecule has 0 amide bonds. The largest absolute Gasteiger partial charge is 0.482 e. The Bertz CT molecular complexity index is 840. The normalized spacial score (nSPS) is 10.9. The van der Waals surface area contributed by atoms with E-state index in [-0.39, 0.29) is 32.1 Å². The van der Waals surface area contributed by atoms with Gasteiger partial charge in [-0.3, -0.25) is 14.9 Å². The maximum atomic E-state index is 12.2. The minimum absolute atomic E-state index is 0.00522. The summed E-state index contributed by atoms with van der Waals surface area (Å²) >= 11 is 0. The van der Waals surface area contributed by atoms with Crippen LogP contribution in [-0.2, 0) is 25.7 Å². The first kappa shape index (κ1) is 23.1. The van der Waals surface area contributed by atoms with Gasteiger partial charge in [-0.15, -0.1) is 0 Å². The van der Waals surface area contributed by atoms with Crippen molar-refractivity contribution < 1.29 is 28.6 Å². The van der Waals surface area contributed by atoms with Crippen molar-refractivity contribution in [2.45, 2.75) is 33.0 Å². The summed E-state index contributed by atoms with van der Waals surface area (Å²) in [6, 6.07) is 15.8. The van der Waals surface area contributed by atoms with Gasteiger partial charge in [0.15, 0.2) is 12.4 Å². The maximum Gasteiger partial charge on any atom is 0.344 e. The molecule has 0 aromatic heterocycles. The van der Waals surface area contributed by atoms with Crippen LogP contribution in [0.2, 0.25) is 0 Å². The Morgan fingerprint density at radius 1 is 0.867 bits per heavy atom. The van der Waals surface area contributed by atoms with Crippen molar-refractivity contribution in [3.8, 4) is 5.75 Å². The number of hydrogen-bond donors (Lipinski definition) is 1. The highest BCUT2D eigenvalue weighted by atomic mass is 16.6. The van der Waals surface area contributed by atoms with E-state index in [2.05, 4.69) is 5.32 Å².